The number of carbonyl (C=O) groups excluding carboxylic acids is 2. The van der Waals surface area contributed by atoms with E-state index >= 15 is 0 Å². The van der Waals surface area contributed by atoms with E-state index in [-0.39, 0.29) is 11.4 Å². The molecule has 0 bridgehead atoms. The highest BCUT2D eigenvalue weighted by Crippen LogP contribution is 2.37. The number of thioether (sulfide) groups is 1. The highest BCUT2D eigenvalue weighted by atomic mass is 35.5. The zero-order valence-corrected chi connectivity index (χ0v) is 16.4. The molecule has 0 atom stereocenters. The van der Waals surface area contributed by atoms with E-state index in [9.17, 15) is 14.9 Å². The normalized spacial score (nSPS) is 15.3. The second-order valence-electron chi connectivity index (χ2n) is 5.55. The Morgan fingerprint density at radius 1 is 1.22 bits per heavy atom. The van der Waals surface area contributed by atoms with Crippen LogP contribution in [0.5, 0.6) is 5.75 Å². The number of halogens is 2. The van der Waals surface area contributed by atoms with Crippen LogP contribution in [0.4, 0.5) is 4.79 Å². The summed E-state index contributed by atoms with van der Waals surface area (Å²) < 4.78 is 5.10. The Bertz CT molecular complexity index is 991. The number of methoxy groups -OCH3 is 1. The molecular weight excluding hydrogens is 407 g/mol. The zero-order valence-electron chi connectivity index (χ0n) is 14.0. The Kier molecular flexibility index (Phi) is 5.76. The molecule has 3 rings (SSSR count). The Labute approximate surface area is 170 Å². The summed E-state index contributed by atoms with van der Waals surface area (Å²) in [5.41, 5.74) is 1.61. The van der Waals surface area contributed by atoms with Crippen LogP contribution in [-0.2, 0) is 11.3 Å². The van der Waals surface area contributed by atoms with Crippen molar-refractivity contribution in [1.29, 1.82) is 5.26 Å². The van der Waals surface area contributed by atoms with Crippen LogP contribution in [0.2, 0.25) is 10.0 Å². The third kappa shape index (κ3) is 3.96. The number of hydrogen-bond acceptors (Lipinski definition) is 5. The minimum absolute atomic E-state index is 0.0376. The van der Waals surface area contributed by atoms with Gasteiger partial charge in [-0.25, -0.2) is 0 Å². The number of benzene rings is 2. The SMILES string of the molecule is COc1c(Cl)cc(/C=C2/SC(=O)N(Cc3ccccc3C#N)C2=O)cc1Cl. The van der Waals surface area contributed by atoms with Gasteiger partial charge in [0.1, 0.15) is 0 Å². The van der Waals surface area contributed by atoms with Gasteiger partial charge in [0.15, 0.2) is 5.75 Å². The highest BCUT2D eigenvalue weighted by molar-refractivity contribution is 8.18. The van der Waals surface area contributed by atoms with E-state index in [1.54, 1.807) is 42.5 Å². The van der Waals surface area contributed by atoms with Crippen LogP contribution in [0.25, 0.3) is 6.08 Å². The molecule has 0 aliphatic carbocycles. The third-order valence-electron chi connectivity index (χ3n) is 3.86. The Balaban J connectivity index is 1.88. The molecule has 0 radical (unpaired) electrons. The molecule has 8 heteroatoms. The molecule has 0 N–H and O–H groups in total. The fraction of sp³-hybridized carbons (Fsp3) is 0.105. The van der Waals surface area contributed by atoms with Crippen molar-refractivity contribution in [2.45, 2.75) is 6.54 Å². The number of amides is 2. The molecule has 1 fully saturated rings. The molecule has 2 amide bonds. The summed E-state index contributed by atoms with van der Waals surface area (Å²) in [5, 5.41) is 9.39. The average Bonchev–Trinajstić information content (AvgIpc) is 2.89. The van der Waals surface area contributed by atoms with Gasteiger partial charge in [0.25, 0.3) is 11.1 Å². The summed E-state index contributed by atoms with van der Waals surface area (Å²) in [7, 11) is 1.46. The van der Waals surface area contributed by atoms with Gasteiger partial charge in [0, 0.05) is 0 Å². The van der Waals surface area contributed by atoms with Crippen molar-refractivity contribution in [1.82, 2.24) is 4.90 Å². The maximum atomic E-state index is 12.7. The van der Waals surface area contributed by atoms with E-state index in [1.807, 2.05) is 0 Å². The standard InChI is InChI=1S/C19H12Cl2N2O3S/c1-26-17-14(20)6-11(7-15(17)21)8-16-18(24)23(19(25)27-16)10-13-5-3-2-4-12(13)9-22/h2-8H,10H2,1H3/b16-8+. The van der Waals surface area contributed by atoms with Gasteiger partial charge in [0.2, 0.25) is 0 Å². The summed E-state index contributed by atoms with van der Waals surface area (Å²) in [6.45, 7) is 0.0376. The fourth-order valence-corrected chi connectivity index (χ4v) is 4.08. The minimum Gasteiger partial charge on any atom is -0.494 e. The smallest absolute Gasteiger partial charge is 0.293 e. The van der Waals surface area contributed by atoms with Gasteiger partial charge < -0.3 is 4.74 Å². The van der Waals surface area contributed by atoms with Gasteiger partial charge in [-0.2, -0.15) is 5.26 Å². The van der Waals surface area contributed by atoms with E-state index < -0.39 is 11.1 Å². The van der Waals surface area contributed by atoms with E-state index in [0.29, 0.717) is 32.5 Å². The lowest BCUT2D eigenvalue weighted by Crippen LogP contribution is -2.27. The van der Waals surface area contributed by atoms with Crippen molar-refractivity contribution in [3.05, 3.63) is 68.0 Å². The van der Waals surface area contributed by atoms with Crippen LogP contribution in [0.1, 0.15) is 16.7 Å². The van der Waals surface area contributed by atoms with Crippen LogP contribution >= 0.6 is 35.0 Å². The fourth-order valence-electron chi connectivity index (χ4n) is 2.58. The van der Waals surface area contributed by atoms with Crippen LogP contribution < -0.4 is 4.74 Å². The summed E-state index contributed by atoms with van der Waals surface area (Å²) in [5.74, 6) is -0.0856. The predicted molar refractivity (Wildman–Crippen MR) is 106 cm³/mol. The summed E-state index contributed by atoms with van der Waals surface area (Å²) >= 11 is 13.1. The minimum atomic E-state index is -0.430. The number of nitrogens with zero attached hydrogens (tertiary/aromatic N) is 2. The Morgan fingerprint density at radius 2 is 1.89 bits per heavy atom. The molecule has 1 saturated heterocycles. The lowest BCUT2D eigenvalue weighted by atomic mass is 10.1. The van der Waals surface area contributed by atoms with E-state index in [1.165, 1.54) is 7.11 Å². The number of nitriles is 1. The van der Waals surface area contributed by atoms with Crippen LogP contribution in [0.3, 0.4) is 0 Å². The van der Waals surface area contributed by atoms with Crippen LogP contribution in [0.15, 0.2) is 41.3 Å². The summed E-state index contributed by atoms with van der Waals surface area (Å²) in [6.07, 6.45) is 1.55. The predicted octanol–water partition coefficient (Wildman–Crippen LogP) is 5.11. The monoisotopic (exact) mass is 418 g/mol. The number of ether oxygens (including phenoxy) is 1. The lowest BCUT2D eigenvalue weighted by molar-refractivity contribution is -0.123. The van der Waals surface area contributed by atoms with Crippen LogP contribution in [0, 0.1) is 11.3 Å². The van der Waals surface area contributed by atoms with E-state index in [4.69, 9.17) is 27.9 Å². The second kappa shape index (κ2) is 8.05. The van der Waals surface area contributed by atoms with Gasteiger partial charge >= 0.3 is 0 Å². The molecule has 0 unspecified atom stereocenters. The molecule has 1 aliphatic heterocycles. The number of carbonyl (C=O) groups is 2. The van der Waals surface area contributed by atoms with Gasteiger partial charge in [-0.05, 0) is 47.2 Å². The first-order valence-corrected chi connectivity index (χ1v) is 9.28. The second-order valence-corrected chi connectivity index (χ2v) is 7.36. The Hall–Kier alpha value is -2.46. The van der Waals surface area contributed by atoms with Crippen molar-refractivity contribution in [2.75, 3.05) is 7.11 Å². The van der Waals surface area contributed by atoms with Gasteiger partial charge in [-0.1, -0.05) is 41.4 Å². The molecule has 27 heavy (non-hydrogen) atoms. The van der Waals surface area contributed by atoms with Crippen LogP contribution in [-0.4, -0.2) is 23.2 Å². The largest absolute Gasteiger partial charge is 0.494 e. The van der Waals surface area contributed by atoms with Gasteiger partial charge in [0.05, 0.1) is 40.2 Å². The first-order valence-electron chi connectivity index (χ1n) is 7.71. The van der Waals surface area contributed by atoms with Crippen molar-refractivity contribution in [2.24, 2.45) is 0 Å². The lowest BCUT2D eigenvalue weighted by Gasteiger charge is -2.13. The molecular formula is C19H12Cl2N2O3S. The zero-order chi connectivity index (χ0) is 19.6. The van der Waals surface area contributed by atoms with Crippen molar-refractivity contribution in [3.63, 3.8) is 0 Å². The number of hydrogen-bond donors (Lipinski definition) is 0. The first kappa shape index (κ1) is 19.3. The molecule has 0 spiro atoms. The van der Waals surface area contributed by atoms with Crippen molar-refractivity contribution < 1.29 is 14.3 Å². The average molecular weight is 419 g/mol. The molecule has 0 aromatic heterocycles. The molecule has 136 valence electrons. The molecule has 0 saturated carbocycles. The maximum Gasteiger partial charge on any atom is 0.293 e. The molecule has 5 nitrogen and oxygen atoms in total. The first-order chi connectivity index (χ1) is 12.9. The summed E-state index contributed by atoms with van der Waals surface area (Å²) in [6, 6.07) is 12.1. The number of rotatable bonds is 4. The van der Waals surface area contributed by atoms with Crippen molar-refractivity contribution >= 4 is 52.2 Å². The molecule has 1 heterocycles. The van der Waals surface area contributed by atoms with Gasteiger partial charge in [-0.3, -0.25) is 14.5 Å². The van der Waals surface area contributed by atoms with E-state index in [0.717, 1.165) is 16.7 Å². The molecule has 2 aromatic carbocycles. The number of imide groups is 1. The topological polar surface area (TPSA) is 70.4 Å². The quantitative estimate of drug-likeness (QED) is 0.644. The highest BCUT2D eigenvalue weighted by Gasteiger charge is 2.35. The van der Waals surface area contributed by atoms with Crippen molar-refractivity contribution in [3.8, 4) is 11.8 Å². The van der Waals surface area contributed by atoms with E-state index in [2.05, 4.69) is 6.07 Å². The molecule has 2 aromatic rings. The third-order valence-corrected chi connectivity index (χ3v) is 5.33. The molecule has 1 aliphatic rings. The maximum absolute atomic E-state index is 12.7. The van der Waals surface area contributed by atoms with Gasteiger partial charge in [-0.15, -0.1) is 0 Å². The summed E-state index contributed by atoms with van der Waals surface area (Å²) in [4.78, 5) is 26.3. The Morgan fingerprint density at radius 3 is 2.52 bits per heavy atom.